The number of carbonyl (C=O) groups is 2. The first-order chi connectivity index (χ1) is 13.3. The smallest absolute Gasteiger partial charge is 0.242 e. The van der Waals surface area contributed by atoms with Gasteiger partial charge < -0.3 is 5.32 Å². The molecule has 1 heterocycles. The lowest BCUT2D eigenvalue weighted by molar-refractivity contribution is -0.127. The van der Waals surface area contributed by atoms with Crippen LogP contribution in [-0.4, -0.2) is 34.2 Å². The molecule has 0 aliphatic carbocycles. The van der Waals surface area contributed by atoms with Crippen molar-refractivity contribution in [3.05, 3.63) is 58.1 Å². The van der Waals surface area contributed by atoms with Crippen molar-refractivity contribution in [3.8, 4) is 0 Å². The number of benzene rings is 2. The summed E-state index contributed by atoms with van der Waals surface area (Å²) < 4.78 is 0. The van der Waals surface area contributed by atoms with Crippen molar-refractivity contribution < 1.29 is 9.59 Å². The molecule has 1 aliphatic rings. The summed E-state index contributed by atoms with van der Waals surface area (Å²) in [5.74, 6) is -0.308. The van der Waals surface area contributed by atoms with Crippen LogP contribution >= 0.6 is 23.4 Å². The van der Waals surface area contributed by atoms with Crippen LogP contribution in [0.2, 0.25) is 5.02 Å². The molecule has 1 atom stereocenters. The molecule has 1 aliphatic heterocycles. The van der Waals surface area contributed by atoms with Gasteiger partial charge in [0, 0.05) is 24.2 Å². The maximum Gasteiger partial charge on any atom is 0.242 e. The number of hydrogen-bond acceptors (Lipinski definition) is 4. The number of thioether (sulfide) groups is 1. The Bertz CT molecular complexity index is 954. The maximum absolute atomic E-state index is 12.6. The van der Waals surface area contributed by atoms with Gasteiger partial charge in [-0.25, -0.2) is 4.99 Å². The monoisotopic (exact) mass is 415 g/mol. The van der Waals surface area contributed by atoms with Gasteiger partial charge in [-0.3, -0.25) is 14.5 Å². The summed E-state index contributed by atoms with van der Waals surface area (Å²) in [7, 11) is 1.68. The van der Waals surface area contributed by atoms with Gasteiger partial charge in [0.25, 0.3) is 0 Å². The average molecular weight is 416 g/mol. The number of para-hydroxylation sites is 1. The molecular formula is C21H22ClN3O2S. The summed E-state index contributed by atoms with van der Waals surface area (Å²) in [6, 6.07) is 11.3. The molecule has 28 heavy (non-hydrogen) atoms. The zero-order chi connectivity index (χ0) is 20.4. The largest absolute Gasteiger partial charge is 0.326 e. The third-order valence-corrected chi connectivity index (χ3v) is 6.11. The van der Waals surface area contributed by atoms with Gasteiger partial charge in [-0.1, -0.05) is 47.6 Å². The van der Waals surface area contributed by atoms with E-state index in [9.17, 15) is 9.59 Å². The summed E-state index contributed by atoms with van der Waals surface area (Å²) in [4.78, 5) is 31.2. The van der Waals surface area contributed by atoms with Gasteiger partial charge in [0.1, 0.15) is 5.25 Å². The van der Waals surface area contributed by atoms with E-state index in [4.69, 9.17) is 11.6 Å². The first-order valence-corrected chi connectivity index (χ1v) is 10.2. The highest BCUT2D eigenvalue weighted by Crippen LogP contribution is 2.32. The topological polar surface area (TPSA) is 61.8 Å². The van der Waals surface area contributed by atoms with E-state index in [0.29, 0.717) is 10.2 Å². The fraction of sp³-hybridized carbons (Fsp3) is 0.286. The molecule has 1 fully saturated rings. The summed E-state index contributed by atoms with van der Waals surface area (Å²) in [5.41, 5.74) is 4.48. The van der Waals surface area contributed by atoms with Gasteiger partial charge in [-0.05, 0) is 49.6 Å². The maximum atomic E-state index is 12.6. The molecular weight excluding hydrogens is 394 g/mol. The number of nitrogens with one attached hydrogen (secondary N) is 1. The minimum absolute atomic E-state index is 0.0924. The lowest BCUT2D eigenvalue weighted by atomic mass is 10.1. The first-order valence-electron chi connectivity index (χ1n) is 8.91. The van der Waals surface area contributed by atoms with Gasteiger partial charge in [0.05, 0.1) is 5.69 Å². The number of amidine groups is 1. The van der Waals surface area contributed by atoms with Crippen LogP contribution in [0.3, 0.4) is 0 Å². The summed E-state index contributed by atoms with van der Waals surface area (Å²) in [5, 5.41) is 3.61. The van der Waals surface area contributed by atoms with Crippen molar-refractivity contribution in [2.24, 2.45) is 4.99 Å². The SMILES string of the molecule is Cc1ccc(Cl)cc1N=C1S[C@@H](CC(=O)Nc2c(C)cccc2C)C(=O)N1C. The number of hydrogen-bond donors (Lipinski definition) is 1. The van der Waals surface area contributed by atoms with Crippen molar-refractivity contribution in [2.75, 3.05) is 12.4 Å². The summed E-state index contributed by atoms with van der Waals surface area (Å²) in [6.07, 6.45) is 0.0924. The molecule has 0 unspecified atom stereocenters. The Morgan fingerprint density at radius 3 is 2.54 bits per heavy atom. The van der Waals surface area contributed by atoms with E-state index in [1.54, 1.807) is 19.2 Å². The first kappa shape index (κ1) is 20.4. The van der Waals surface area contributed by atoms with Crippen LogP contribution in [0.15, 0.2) is 41.4 Å². The van der Waals surface area contributed by atoms with E-state index in [1.807, 2.05) is 45.0 Å². The normalized spacial score (nSPS) is 18.0. The molecule has 1 N–H and O–H groups in total. The van der Waals surface area contributed by atoms with E-state index in [1.165, 1.54) is 16.7 Å². The molecule has 0 saturated carbocycles. The predicted octanol–water partition coefficient (Wildman–Crippen LogP) is 4.86. The molecule has 0 spiro atoms. The van der Waals surface area contributed by atoms with Crippen molar-refractivity contribution in [1.29, 1.82) is 0 Å². The van der Waals surface area contributed by atoms with Crippen molar-refractivity contribution in [3.63, 3.8) is 0 Å². The minimum Gasteiger partial charge on any atom is -0.326 e. The molecule has 7 heteroatoms. The fourth-order valence-corrected chi connectivity index (χ4v) is 4.29. The number of amides is 2. The van der Waals surface area contributed by atoms with Crippen LogP contribution in [-0.2, 0) is 9.59 Å². The molecule has 2 aromatic carbocycles. The summed E-state index contributed by atoms with van der Waals surface area (Å²) in [6.45, 7) is 5.83. The molecule has 0 aromatic heterocycles. The van der Waals surface area contributed by atoms with Gasteiger partial charge in [-0.15, -0.1) is 0 Å². The second kappa shape index (κ2) is 8.37. The van der Waals surface area contributed by atoms with Crippen LogP contribution in [0.5, 0.6) is 0 Å². The molecule has 1 saturated heterocycles. The molecule has 0 radical (unpaired) electrons. The van der Waals surface area contributed by atoms with Crippen LogP contribution < -0.4 is 5.32 Å². The van der Waals surface area contributed by atoms with Crippen LogP contribution in [0, 0.1) is 20.8 Å². The van der Waals surface area contributed by atoms with Crippen LogP contribution in [0.4, 0.5) is 11.4 Å². The molecule has 5 nitrogen and oxygen atoms in total. The van der Waals surface area contributed by atoms with E-state index in [2.05, 4.69) is 10.3 Å². The molecule has 2 aromatic rings. The van der Waals surface area contributed by atoms with E-state index >= 15 is 0 Å². The Morgan fingerprint density at radius 1 is 1.18 bits per heavy atom. The Balaban J connectivity index is 1.74. The van der Waals surface area contributed by atoms with Gasteiger partial charge >= 0.3 is 0 Å². The van der Waals surface area contributed by atoms with E-state index in [0.717, 1.165) is 28.1 Å². The zero-order valence-corrected chi connectivity index (χ0v) is 17.8. The number of aliphatic imine (C=N–C) groups is 1. The summed E-state index contributed by atoms with van der Waals surface area (Å²) >= 11 is 7.36. The molecule has 0 bridgehead atoms. The van der Waals surface area contributed by atoms with Gasteiger partial charge in [0.15, 0.2) is 5.17 Å². The third kappa shape index (κ3) is 4.39. The molecule has 146 valence electrons. The fourth-order valence-electron chi connectivity index (χ4n) is 2.97. The number of anilines is 1. The van der Waals surface area contributed by atoms with Crippen molar-refractivity contribution in [2.45, 2.75) is 32.4 Å². The van der Waals surface area contributed by atoms with E-state index in [-0.39, 0.29) is 18.2 Å². The highest BCUT2D eigenvalue weighted by molar-refractivity contribution is 8.15. The predicted molar refractivity (Wildman–Crippen MR) is 117 cm³/mol. The lowest BCUT2D eigenvalue weighted by Gasteiger charge is -2.12. The van der Waals surface area contributed by atoms with Crippen molar-refractivity contribution in [1.82, 2.24) is 4.90 Å². The number of halogens is 1. The number of nitrogens with zero attached hydrogens (tertiary/aromatic N) is 2. The standard InChI is InChI=1S/C21H22ClN3O2S/c1-12-8-9-15(22)10-16(12)23-21-25(4)20(27)17(28-21)11-18(26)24-19-13(2)6-5-7-14(19)3/h5-10,17H,11H2,1-4H3,(H,24,26)/t17-/m0/s1. The highest BCUT2D eigenvalue weighted by Gasteiger charge is 2.37. The second-order valence-electron chi connectivity index (χ2n) is 6.85. The number of rotatable bonds is 4. The Morgan fingerprint density at radius 2 is 1.86 bits per heavy atom. The average Bonchev–Trinajstić information content (AvgIpc) is 2.89. The van der Waals surface area contributed by atoms with Crippen molar-refractivity contribution >= 4 is 51.7 Å². The Hall–Kier alpha value is -2.31. The van der Waals surface area contributed by atoms with Crippen LogP contribution in [0.25, 0.3) is 0 Å². The molecule has 3 rings (SSSR count). The minimum atomic E-state index is -0.493. The molecule has 2 amide bonds. The van der Waals surface area contributed by atoms with Crippen LogP contribution in [0.1, 0.15) is 23.1 Å². The quantitative estimate of drug-likeness (QED) is 0.775. The Kier molecular flexibility index (Phi) is 6.10. The highest BCUT2D eigenvalue weighted by atomic mass is 35.5. The number of aryl methyl sites for hydroxylation is 3. The van der Waals surface area contributed by atoms with Gasteiger partial charge in [-0.2, -0.15) is 0 Å². The van der Waals surface area contributed by atoms with Gasteiger partial charge in [0.2, 0.25) is 11.8 Å². The third-order valence-electron chi connectivity index (χ3n) is 4.64. The van der Waals surface area contributed by atoms with E-state index < -0.39 is 5.25 Å². The Labute approximate surface area is 174 Å². The number of carbonyl (C=O) groups excluding carboxylic acids is 2. The lowest BCUT2D eigenvalue weighted by Crippen LogP contribution is -2.30. The zero-order valence-electron chi connectivity index (χ0n) is 16.2. The second-order valence-corrected chi connectivity index (χ2v) is 8.45.